The SMILES string of the molecule is CCCC(C)(N)C(=O)N1Cc2ccccc2C[C@H]1C(N)=O. The van der Waals surface area contributed by atoms with Crippen molar-refractivity contribution in [3.05, 3.63) is 35.4 Å². The first kappa shape index (κ1) is 15.5. The third kappa shape index (κ3) is 3.08. The van der Waals surface area contributed by atoms with Crippen molar-refractivity contribution >= 4 is 11.8 Å². The van der Waals surface area contributed by atoms with E-state index in [1.165, 1.54) is 0 Å². The first-order chi connectivity index (χ1) is 9.86. The number of benzene rings is 1. The first-order valence-electron chi connectivity index (χ1n) is 7.33. The monoisotopic (exact) mass is 289 g/mol. The highest BCUT2D eigenvalue weighted by molar-refractivity contribution is 5.91. The Labute approximate surface area is 125 Å². The van der Waals surface area contributed by atoms with Crippen molar-refractivity contribution in [2.24, 2.45) is 11.5 Å². The summed E-state index contributed by atoms with van der Waals surface area (Å²) in [6.07, 6.45) is 1.85. The highest BCUT2D eigenvalue weighted by atomic mass is 16.2. The van der Waals surface area contributed by atoms with Crippen molar-refractivity contribution in [2.45, 2.75) is 51.2 Å². The van der Waals surface area contributed by atoms with Gasteiger partial charge in [0.2, 0.25) is 11.8 Å². The summed E-state index contributed by atoms with van der Waals surface area (Å²) in [6, 6.07) is 7.19. The molecule has 1 aromatic carbocycles. The van der Waals surface area contributed by atoms with Gasteiger partial charge in [0.25, 0.3) is 0 Å². The summed E-state index contributed by atoms with van der Waals surface area (Å²) in [4.78, 5) is 26.0. The average molecular weight is 289 g/mol. The van der Waals surface area contributed by atoms with Crippen LogP contribution in [0.5, 0.6) is 0 Å². The summed E-state index contributed by atoms with van der Waals surface area (Å²) in [6.45, 7) is 4.09. The summed E-state index contributed by atoms with van der Waals surface area (Å²) in [5.74, 6) is -0.687. The Hall–Kier alpha value is -1.88. The summed E-state index contributed by atoms with van der Waals surface area (Å²) < 4.78 is 0. The van der Waals surface area contributed by atoms with Crippen molar-refractivity contribution in [2.75, 3.05) is 0 Å². The predicted molar refractivity (Wildman–Crippen MR) is 81.2 cm³/mol. The molecule has 0 radical (unpaired) electrons. The Bertz CT molecular complexity index is 554. The van der Waals surface area contributed by atoms with Crippen LogP contribution in [0, 0.1) is 0 Å². The van der Waals surface area contributed by atoms with E-state index in [0.717, 1.165) is 17.5 Å². The number of amides is 2. The molecule has 1 aliphatic rings. The van der Waals surface area contributed by atoms with Crippen LogP contribution >= 0.6 is 0 Å². The quantitative estimate of drug-likeness (QED) is 0.864. The molecular weight excluding hydrogens is 266 g/mol. The lowest BCUT2D eigenvalue weighted by atomic mass is 9.89. The third-order valence-electron chi connectivity index (χ3n) is 4.10. The number of carbonyl (C=O) groups excluding carboxylic acids is 2. The molecular formula is C16H23N3O2. The first-order valence-corrected chi connectivity index (χ1v) is 7.33. The van der Waals surface area contributed by atoms with Crippen molar-refractivity contribution in [1.29, 1.82) is 0 Å². The number of hydrogen-bond acceptors (Lipinski definition) is 3. The molecule has 2 atom stereocenters. The molecule has 0 fully saturated rings. The Morgan fingerprint density at radius 1 is 1.33 bits per heavy atom. The maximum atomic E-state index is 12.7. The number of carbonyl (C=O) groups is 2. The van der Waals surface area contributed by atoms with Gasteiger partial charge in [0.15, 0.2) is 0 Å². The van der Waals surface area contributed by atoms with Crippen LogP contribution in [-0.4, -0.2) is 28.3 Å². The van der Waals surface area contributed by atoms with E-state index < -0.39 is 17.5 Å². The minimum Gasteiger partial charge on any atom is -0.368 e. The average Bonchev–Trinajstić information content (AvgIpc) is 2.44. The van der Waals surface area contributed by atoms with Gasteiger partial charge < -0.3 is 16.4 Å². The molecule has 0 bridgehead atoms. The van der Waals surface area contributed by atoms with Gasteiger partial charge in [0, 0.05) is 13.0 Å². The van der Waals surface area contributed by atoms with Crippen molar-refractivity contribution in [1.82, 2.24) is 4.90 Å². The van der Waals surface area contributed by atoms with E-state index in [1.807, 2.05) is 31.2 Å². The number of nitrogens with two attached hydrogens (primary N) is 2. The molecule has 4 N–H and O–H groups in total. The van der Waals surface area contributed by atoms with Gasteiger partial charge in [-0.05, 0) is 24.5 Å². The lowest BCUT2D eigenvalue weighted by Gasteiger charge is -2.39. The Morgan fingerprint density at radius 3 is 2.52 bits per heavy atom. The molecule has 1 heterocycles. The van der Waals surface area contributed by atoms with Crippen molar-refractivity contribution < 1.29 is 9.59 Å². The minimum atomic E-state index is -0.964. The molecule has 0 saturated carbocycles. The van der Waals surface area contributed by atoms with E-state index in [4.69, 9.17) is 11.5 Å². The summed E-state index contributed by atoms with van der Waals surface area (Å²) in [5.41, 5.74) is 12.8. The topological polar surface area (TPSA) is 89.4 Å². The Balaban J connectivity index is 2.33. The van der Waals surface area contributed by atoms with Crippen LogP contribution in [0.2, 0.25) is 0 Å². The lowest BCUT2D eigenvalue weighted by molar-refractivity contribution is -0.145. The summed E-state index contributed by atoms with van der Waals surface area (Å²) in [7, 11) is 0. The number of fused-ring (bicyclic) bond motifs is 1. The van der Waals surface area contributed by atoms with Gasteiger partial charge in [-0.25, -0.2) is 0 Å². The van der Waals surface area contributed by atoms with Crippen LogP contribution in [0.15, 0.2) is 24.3 Å². The van der Waals surface area contributed by atoms with Gasteiger partial charge in [-0.15, -0.1) is 0 Å². The molecule has 0 saturated heterocycles. The van der Waals surface area contributed by atoms with E-state index in [2.05, 4.69) is 0 Å². The minimum absolute atomic E-state index is 0.206. The van der Waals surface area contributed by atoms with Gasteiger partial charge in [0.1, 0.15) is 6.04 Å². The van der Waals surface area contributed by atoms with Gasteiger partial charge >= 0.3 is 0 Å². The van der Waals surface area contributed by atoms with Crippen LogP contribution < -0.4 is 11.5 Å². The van der Waals surface area contributed by atoms with Crippen LogP contribution in [0.25, 0.3) is 0 Å². The molecule has 5 heteroatoms. The van der Waals surface area contributed by atoms with Gasteiger partial charge in [0.05, 0.1) is 5.54 Å². The number of hydrogen-bond donors (Lipinski definition) is 2. The molecule has 1 aromatic rings. The molecule has 0 spiro atoms. The second kappa shape index (κ2) is 5.85. The van der Waals surface area contributed by atoms with Crippen LogP contribution in [-0.2, 0) is 22.6 Å². The number of nitrogens with zero attached hydrogens (tertiary/aromatic N) is 1. The molecule has 1 aliphatic heterocycles. The van der Waals surface area contributed by atoms with Gasteiger partial charge in [-0.2, -0.15) is 0 Å². The zero-order chi connectivity index (χ0) is 15.6. The second-order valence-electron chi connectivity index (χ2n) is 5.99. The molecule has 21 heavy (non-hydrogen) atoms. The van der Waals surface area contributed by atoms with Crippen molar-refractivity contribution in [3.8, 4) is 0 Å². The van der Waals surface area contributed by atoms with E-state index >= 15 is 0 Å². The largest absolute Gasteiger partial charge is 0.368 e. The van der Waals surface area contributed by atoms with Gasteiger partial charge in [-0.3, -0.25) is 9.59 Å². The van der Waals surface area contributed by atoms with Gasteiger partial charge in [-0.1, -0.05) is 37.6 Å². The molecule has 0 aromatic heterocycles. The Kier molecular flexibility index (Phi) is 4.32. The smallest absolute Gasteiger partial charge is 0.243 e. The highest BCUT2D eigenvalue weighted by Crippen LogP contribution is 2.26. The number of rotatable bonds is 4. The van der Waals surface area contributed by atoms with E-state index in [9.17, 15) is 9.59 Å². The van der Waals surface area contributed by atoms with E-state index in [-0.39, 0.29) is 5.91 Å². The zero-order valence-corrected chi connectivity index (χ0v) is 12.6. The molecule has 1 unspecified atom stereocenters. The third-order valence-corrected chi connectivity index (χ3v) is 4.10. The number of primary amides is 1. The summed E-state index contributed by atoms with van der Waals surface area (Å²) in [5, 5.41) is 0. The fourth-order valence-corrected chi connectivity index (χ4v) is 2.94. The maximum absolute atomic E-state index is 12.7. The molecule has 114 valence electrons. The second-order valence-corrected chi connectivity index (χ2v) is 5.99. The van der Waals surface area contributed by atoms with E-state index in [0.29, 0.717) is 19.4 Å². The Morgan fingerprint density at radius 2 is 1.95 bits per heavy atom. The van der Waals surface area contributed by atoms with E-state index in [1.54, 1.807) is 11.8 Å². The summed E-state index contributed by atoms with van der Waals surface area (Å²) >= 11 is 0. The van der Waals surface area contributed by atoms with Crippen LogP contribution in [0.1, 0.15) is 37.8 Å². The maximum Gasteiger partial charge on any atom is 0.243 e. The highest BCUT2D eigenvalue weighted by Gasteiger charge is 2.39. The van der Waals surface area contributed by atoms with Crippen molar-refractivity contribution in [3.63, 3.8) is 0 Å². The normalized spacial score (nSPS) is 20.5. The fraction of sp³-hybridized carbons (Fsp3) is 0.500. The predicted octanol–water partition coefficient (Wildman–Crippen LogP) is 0.943. The molecule has 2 amide bonds. The van der Waals surface area contributed by atoms with Crippen LogP contribution in [0.4, 0.5) is 0 Å². The standard InChI is InChI=1S/C16H23N3O2/c1-3-8-16(2,18)15(21)19-10-12-7-5-4-6-11(12)9-13(19)14(17)20/h4-7,13H,3,8-10,18H2,1-2H3,(H2,17,20)/t13-,16?/m0/s1. The molecule has 0 aliphatic carbocycles. The van der Waals surface area contributed by atoms with Crippen LogP contribution in [0.3, 0.4) is 0 Å². The fourth-order valence-electron chi connectivity index (χ4n) is 2.94. The molecule has 2 rings (SSSR count). The zero-order valence-electron chi connectivity index (χ0n) is 12.6. The lowest BCUT2D eigenvalue weighted by Crippen LogP contribution is -2.60. The molecule has 5 nitrogen and oxygen atoms in total.